The molecule has 0 amide bonds. The summed E-state index contributed by atoms with van der Waals surface area (Å²) in [5.41, 5.74) is 16.3. The molecule has 0 heterocycles. The van der Waals surface area contributed by atoms with Gasteiger partial charge in [-0.2, -0.15) is 0 Å². The molecule has 7 aromatic carbocycles. The molecule has 55 heavy (non-hydrogen) atoms. The predicted molar refractivity (Wildman–Crippen MR) is 247 cm³/mol. The van der Waals surface area contributed by atoms with Gasteiger partial charge in [-0.15, -0.1) is 0 Å². The number of carbonyl (C=O) groups is 2. The Bertz CT molecular complexity index is 2170. The lowest BCUT2D eigenvalue weighted by Gasteiger charge is -2.18. The van der Waals surface area contributed by atoms with Gasteiger partial charge in [0.2, 0.25) is 0 Å². The fourth-order valence-electron chi connectivity index (χ4n) is 7.31. The van der Waals surface area contributed by atoms with Crippen LogP contribution in [0.2, 0.25) is 0 Å². The Hall–Kier alpha value is -5.34. The second-order valence-electron chi connectivity index (χ2n) is 13.3. The van der Waals surface area contributed by atoms with Crippen LogP contribution in [0.4, 0.5) is 0 Å². The number of rotatable bonds is 2. The average Bonchev–Trinajstić information content (AvgIpc) is 3.20. The average molecular weight is 735 g/mol. The van der Waals surface area contributed by atoms with Crippen molar-refractivity contribution in [3.05, 3.63) is 154 Å². The summed E-state index contributed by atoms with van der Waals surface area (Å²) in [7, 11) is 0. The molecule has 0 unspecified atom stereocenters. The summed E-state index contributed by atoms with van der Waals surface area (Å²) in [6.07, 6.45) is 1.25. The quantitative estimate of drug-likeness (QED) is 0.177. The zero-order valence-corrected chi connectivity index (χ0v) is 36.3. The Morgan fingerprint density at radius 2 is 0.618 bits per heavy atom. The number of fused-ring (bicyclic) bond motifs is 3. The number of hydrogen-bond acceptors (Lipinski definition) is 2. The number of aryl methyl sites for hydroxylation is 8. The molecule has 290 valence electrons. The highest BCUT2D eigenvalue weighted by molar-refractivity contribution is 6.09. The van der Waals surface area contributed by atoms with Gasteiger partial charge in [0, 0.05) is 0 Å². The fourth-order valence-corrected chi connectivity index (χ4v) is 7.31. The van der Waals surface area contributed by atoms with E-state index in [9.17, 15) is 0 Å². The molecular formula is C53H66O2. The molecule has 0 aromatic heterocycles. The van der Waals surface area contributed by atoms with Crippen molar-refractivity contribution in [1.29, 1.82) is 0 Å². The zero-order valence-electron chi connectivity index (χ0n) is 36.3. The lowest BCUT2D eigenvalue weighted by atomic mass is 9.85. The molecule has 0 atom stereocenters. The standard InChI is InChI=1S/C24H22.C20H20.C3H8.2C2H6.2CH2O/c1-15-13-17(3)23(21-11-7-5-9-19(15)21)24-18(4)14-16(2)20-10-6-8-12-22(20)24;1-13-9-10-18(14(2)11-13)20-16(4)12-15(3)17-7-5-6-8-19(17)20;1-3-2;4*1-2/h5-14H,1-4H3;5-12H,1-4H3;3H2,1-2H3;2*1-2H3;2*1H2. The summed E-state index contributed by atoms with van der Waals surface area (Å²) in [6.45, 7) is 33.9. The molecule has 0 N–H and O–H groups in total. The molecular weight excluding hydrogens is 669 g/mol. The van der Waals surface area contributed by atoms with Gasteiger partial charge in [-0.25, -0.2) is 0 Å². The normalized spacial score (nSPS) is 9.64. The van der Waals surface area contributed by atoms with Crippen LogP contribution >= 0.6 is 0 Å². The van der Waals surface area contributed by atoms with Gasteiger partial charge < -0.3 is 9.59 Å². The van der Waals surface area contributed by atoms with Gasteiger partial charge >= 0.3 is 0 Å². The van der Waals surface area contributed by atoms with Crippen LogP contribution in [0.15, 0.2) is 109 Å². The lowest BCUT2D eigenvalue weighted by molar-refractivity contribution is -0.0987. The molecule has 0 saturated carbocycles. The SMILES string of the molecule is C=O.C=O.CC.CC.CCC.Cc1cc(C)c2ccccc2c1-c1c(C)cc(C)c2ccccc12.Cc1ccc(-c2c(C)cc(C)c3ccccc23)c(C)c1. The van der Waals surface area contributed by atoms with Crippen LogP contribution in [0.5, 0.6) is 0 Å². The fraction of sp³-hybridized carbons (Fsp3) is 0.283. The van der Waals surface area contributed by atoms with Crippen molar-refractivity contribution in [2.45, 2.75) is 103 Å². The summed E-state index contributed by atoms with van der Waals surface area (Å²) in [4.78, 5) is 16.0. The molecule has 0 saturated heterocycles. The summed E-state index contributed by atoms with van der Waals surface area (Å²) in [6, 6.07) is 40.0. The van der Waals surface area contributed by atoms with E-state index in [1.165, 1.54) is 105 Å². The van der Waals surface area contributed by atoms with E-state index in [2.05, 4.69) is 178 Å². The zero-order chi connectivity index (χ0) is 41.8. The van der Waals surface area contributed by atoms with Gasteiger partial charge in [0.25, 0.3) is 0 Å². The molecule has 0 bridgehead atoms. The maximum absolute atomic E-state index is 8.00. The Labute approximate surface area is 333 Å². The first-order valence-corrected chi connectivity index (χ1v) is 19.7. The molecule has 0 aliphatic rings. The molecule has 7 rings (SSSR count). The Morgan fingerprint density at radius 1 is 0.345 bits per heavy atom. The van der Waals surface area contributed by atoms with Crippen molar-refractivity contribution >= 4 is 45.9 Å². The topological polar surface area (TPSA) is 34.1 Å². The minimum atomic E-state index is 1.25. The highest BCUT2D eigenvalue weighted by Crippen LogP contribution is 2.41. The maximum atomic E-state index is 8.00. The molecule has 0 fully saturated rings. The van der Waals surface area contributed by atoms with E-state index < -0.39 is 0 Å². The third kappa shape index (κ3) is 11.3. The van der Waals surface area contributed by atoms with Gasteiger partial charge in [0.05, 0.1) is 0 Å². The molecule has 0 aliphatic carbocycles. The van der Waals surface area contributed by atoms with Crippen LogP contribution < -0.4 is 0 Å². The molecule has 0 spiro atoms. The summed E-state index contributed by atoms with van der Waals surface area (Å²) in [5, 5.41) is 8.12. The summed E-state index contributed by atoms with van der Waals surface area (Å²) >= 11 is 0. The third-order valence-corrected chi connectivity index (χ3v) is 9.25. The van der Waals surface area contributed by atoms with Crippen LogP contribution in [-0.4, -0.2) is 13.6 Å². The molecule has 0 radical (unpaired) electrons. The minimum absolute atomic E-state index is 1.25. The van der Waals surface area contributed by atoms with Crippen LogP contribution in [0.25, 0.3) is 54.6 Å². The number of carbonyl (C=O) groups excluding carboxylic acids is 2. The Kier molecular flexibility index (Phi) is 20.9. The van der Waals surface area contributed by atoms with E-state index in [0.717, 1.165) is 0 Å². The highest BCUT2D eigenvalue weighted by Gasteiger charge is 2.16. The van der Waals surface area contributed by atoms with E-state index in [0.29, 0.717) is 0 Å². The third-order valence-electron chi connectivity index (χ3n) is 9.25. The van der Waals surface area contributed by atoms with Gasteiger partial charge in [-0.3, -0.25) is 0 Å². The van der Waals surface area contributed by atoms with Crippen LogP contribution in [-0.2, 0) is 9.59 Å². The first kappa shape index (κ1) is 47.7. The van der Waals surface area contributed by atoms with Crippen molar-refractivity contribution < 1.29 is 9.59 Å². The second-order valence-corrected chi connectivity index (χ2v) is 13.3. The van der Waals surface area contributed by atoms with Gasteiger partial charge in [0.15, 0.2) is 0 Å². The lowest BCUT2D eigenvalue weighted by Crippen LogP contribution is -1.94. The van der Waals surface area contributed by atoms with E-state index >= 15 is 0 Å². The molecule has 0 aliphatic heterocycles. The second kappa shape index (κ2) is 24.1. The number of benzene rings is 7. The van der Waals surface area contributed by atoms with Crippen LogP contribution in [0, 0.1) is 55.4 Å². The summed E-state index contributed by atoms with van der Waals surface area (Å²) in [5.74, 6) is 0. The van der Waals surface area contributed by atoms with Gasteiger partial charge in [-0.05, 0) is 149 Å². The highest BCUT2D eigenvalue weighted by atomic mass is 16.1. The predicted octanol–water partition coefficient (Wildman–Crippen LogP) is 15.7. The maximum Gasteiger partial charge on any atom is 0.106 e. The number of hydrogen-bond donors (Lipinski definition) is 0. The Morgan fingerprint density at radius 3 is 0.927 bits per heavy atom. The van der Waals surface area contributed by atoms with Crippen LogP contribution in [0.1, 0.15) is 92.5 Å². The van der Waals surface area contributed by atoms with Crippen LogP contribution in [0.3, 0.4) is 0 Å². The first-order chi connectivity index (χ1) is 26.6. The van der Waals surface area contributed by atoms with Crippen molar-refractivity contribution in [3.8, 4) is 22.3 Å². The smallest absolute Gasteiger partial charge is 0.106 e. The monoisotopic (exact) mass is 735 g/mol. The van der Waals surface area contributed by atoms with Crippen molar-refractivity contribution in [1.82, 2.24) is 0 Å². The molecule has 2 nitrogen and oxygen atoms in total. The van der Waals surface area contributed by atoms with E-state index in [-0.39, 0.29) is 0 Å². The van der Waals surface area contributed by atoms with Crippen molar-refractivity contribution in [2.24, 2.45) is 0 Å². The van der Waals surface area contributed by atoms with Crippen molar-refractivity contribution in [3.63, 3.8) is 0 Å². The minimum Gasteiger partial charge on any atom is -0.307 e. The van der Waals surface area contributed by atoms with Gasteiger partial charge in [-0.1, -0.05) is 163 Å². The molecule has 2 heteroatoms. The summed E-state index contributed by atoms with van der Waals surface area (Å²) < 4.78 is 0. The molecule has 7 aromatic rings. The van der Waals surface area contributed by atoms with E-state index in [1.807, 2.05) is 41.3 Å². The van der Waals surface area contributed by atoms with E-state index in [4.69, 9.17) is 9.59 Å². The van der Waals surface area contributed by atoms with Gasteiger partial charge in [0.1, 0.15) is 13.6 Å². The Balaban J connectivity index is 0.000000444. The van der Waals surface area contributed by atoms with Crippen molar-refractivity contribution in [2.75, 3.05) is 0 Å². The first-order valence-electron chi connectivity index (χ1n) is 19.7. The van der Waals surface area contributed by atoms with E-state index in [1.54, 1.807) is 0 Å². The largest absolute Gasteiger partial charge is 0.307 e.